The molecular formula is C16H13NO. The van der Waals surface area contributed by atoms with E-state index in [1.807, 2.05) is 47.0 Å². The van der Waals surface area contributed by atoms with E-state index in [4.69, 9.17) is 0 Å². The number of hydrogen-bond donors (Lipinski definition) is 0. The SMILES string of the molecule is Cc1ccn2c(C=O)c(-c3ccccc3)cc2c1. The largest absolute Gasteiger partial charge is 0.314 e. The number of carbonyl (C=O) groups is 1. The smallest absolute Gasteiger partial charge is 0.167 e. The van der Waals surface area contributed by atoms with Gasteiger partial charge in [-0.1, -0.05) is 30.3 Å². The first-order valence-electron chi connectivity index (χ1n) is 5.92. The number of aromatic nitrogens is 1. The molecule has 0 aliphatic heterocycles. The second kappa shape index (κ2) is 4.15. The quantitative estimate of drug-likeness (QED) is 0.620. The third-order valence-electron chi connectivity index (χ3n) is 3.16. The normalized spacial score (nSPS) is 10.7. The molecule has 2 heterocycles. The van der Waals surface area contributed by atoms with Crippen LogP contribution in [0.4, 0.5) is 0 Å². The fraction of sp³-hybridized carbons (Fsp3) is 0.0625. The Labute approximate surface area is 105 Å². The van der Waals surface area contributed by atoms with Crippen molar-refractivity contribution in [2.24, 2.45) is 0 Å². The van der Waals surface area contributed by atoms with Crippen LogP contribution in [0.3, 0.4) is 0 Å². The Kier molecular flexibility index (Phi) is 2.49. The Morgan fingerprint density at radius 3 is 2.56 bits per heavy atom. The van der Waals surface area contributed by atoms with Crippen LogP contribution in [0.15, 0.2) is 54.7 Å². The Hall–Kier alpha value is -2.35. The van der Waals surface area contributed by atoms with Crippen LogP contribution in [-0.4, -0.2) is 10.7 Å². The molecule has 0 aliphatic rings. The number of carbonyl (C=O) groups excluding carboxylic acids is 1. The van der Waals surface area contributed by atoms with Crippen LogP contribution in [0.2, 0.25) is 0 Å². The van der Waals surface area contributed by atoms with E-state index in [9.17, 15) is 4.79 Å². The van der Waals surface area contributed by atoms with Gasteiger partial charge in [-0.15, -0.1) is 0 Å². The predicted molar refractivity (Wildman–Crippen MR) is 73.0 cm³/mol. The van der Waals surface area contributed by atoms with Crippen molar-refractivity contribution >= 4 is 11.8 Å². The van der Waals surface area contributed by atoms with E-state index in [2.05, 4.69) is 19.1 Å². The maximum absolute atomic E-state index is 11.3. The highest BCUT2D eigenvalue weighted by atomic mass is 16.1. The van der Waals surface area contributed by atoms with Crippen LogP contribution >= 0.6 is 0 Å². The van der Waals surface area contributed by atoms with Gasteiger partial charge in [0, 0.05) is 17.3 Å². The topological polar surface area (TPSA) is 21.5 Å². The van der Waals surface area contributed by atoms with E-state index < -0.39 is 0 Å². The molecule has 0 N–H and O–H groups in total. The van der Waals surface area contributed by atoms with Gasteiger partial charge < -0.3 is 4.40 Å². The number of nitrogens with zero attached hydrogens (tertiary/aromatic N) is 1. The molecule has 0 amide bonds. The molecule has 1 aromatic carbocycles. The van der Waals surface area contributed by atoms with Crippen LogP contribution in [0.25, 0.3) is 16.6 Å². The molecule has 3 rings (SSSR count). The summed E-state index contributed by atoms with van der Waals surface area (Å²) >= 11 is 0. The molecule has 0 unspecified atom stereocenters. The summed E-state index contributed by atoms with van der Waals surface area (Å²) in [4.78, 5) is 11.3. The lowest BCUT2D eigenvalue weighted by Gasteiger charge is -2.00. The molecule has 3 aromatic rings. The van der Waals surface area contributed by atoms with Gasteiger partial charge in [0.1, 0.15) is 0 Å². The molecule has 0 saturated heterocycles. The Bertz CT molecular complexity index is 711. The molecule has 0 spiro atoms. The average Bonchev–Trinajstić information content (AvgIpc) is 2.77. The van der Waals surface area contributed by atoms with E-state index >= 15 is 0 Å². The van der Waals surface area contributed by atoms with Gasteiger partial charge in [0.25, 0.3) is 0 Å². The first-order valence-corrected chi connectivity index (χ1v) is 5.92. The summed E-state index contributed by atoms with van der Waals surface area (Å²) in [5, 5.41) is 0. The first kappa shape index (κ1) is 10.8. The molecular weight excluding hydrogens is 222 g/mol. The van der Waals surface area contributed by atoms with Crippen molar-refractivity contribution in [2.75, 3.05) is 0 Å². The fourth-order valence-electron chi connectivity index (χ4n) is 2.28. The van der Waals surface area contributed by atoms with Gasteiger partial charge in [0.15, 0.2) is 6.29 Å². The number of aldehydes is 1. The van der Waals surface area contributed by atoms with Gasteiger partial charge in [-0.05, 0) is 36.2 Å². The zero-order chi connectivity index (χ0) is 12.5. The molecule has 0 aliphatic carbocycles. The summed E-state index contributed by atoms with van der Waals surface area (Å²) in [6.07, 6.45) is 2.87. The monoisotopic (exact) mass is 235 g/mol. The van der Waals surface area contributed by atoms with Gasteiger partial charge >= 0.3 is 0 Å². The van der Waals surface area contributed by atoms with E-state index in [-0.39, 0.29) is 0 Å². The van der Waals surface area contributed by atoms with Gasteiger partial charge in [0.2, 0.25) is 0 Å². The molecule has 0 fully saturated rings. The first-order chi connectivity index (χ1) is 8.79. The third kappa shape index (κ3) is 1.63. The lowest BCUT2D eigenvalue weighted by molar-refractivity contribution is 0.111. The maximum atomic E-state index is 11.3. The summed E-state index contributed by atoms with van der Waals surface area (Å²) in [6, 6.07) is 16.1. The minimum atomic E-state index is 0.705. The second-order valence-corrected chi connectivity index (χ2v) is 4.43. The van der Waals surface area contributed by atoms with Crippen molar-refractivity contribution in [3.8, 4) is 11.1 Å². The lowest BCUT2D eigenvalue weighted by Crippen LogP contribution is -1.92. The number of hydrogen-bond acceptors (Lipinski definition) is 1. The summed E-state index contributed by atoms with van der Waals surface area (Å²) in [7, 11) is 0. The minimum Gasteiger partial charge on any atom is -0.314 e. The number of rotatable bonds is 2. The summed E-state index contributed by atoms with van der Waals surface area (Å²) in [5.74, 6) is 0. The van der Waals surface area contributed by atoms with Crippen molar-refractivity contribution in [3.05, 3.63) is 66.0 Å². The molecule has 0 bridgehead atoms. The van der Waals surface area contributed by atoms with E-state index in [1.165, 1.54) is 5.56 Å². The highest BCUT2D eigenvalue weighted by Crippen LogP contribution is 2.26. The standard InChI is InChI=1S/C16H13NO/c1-12-7-8-17-14(9-12)10-15(16(17)11-18)13-5-3-2-4-6-13/h2-11H,1H3. The zero-order valence-corrected chi connectivity index (χ0v) is 10.1. The summed E-state index contributed by atoms with van der Waals surface area (Å²) in [5.41, 5.74) is 5.00. The van der Waals surface area contributed by atoms with Crippen LogP contribution in [0.5, 0.6) is 0 Å². The van der Waals surface area contributed by atoms with Gasteiger partial charge in [-0.25, -0.2) is 0 Å². The fourth-order valence-corrected chi connectivity index (χ4v) is 2.28. The average molecular weight is 235 g/mol. The molecule has 0 saturated carbocycles. The molecule has 0 atom stereocenters. The third-order valence-corrected chi connectivity index (χ3v) is 3.16. The van der Waals surface area contributed by atoms with Crippen LogP contribution in [0, 0.1) is 6.92 Å². The van der Waals surface area contributed by atoms with Crippen molar-refractivity contribution in [2.45, 2.75) is 6.92 Å². The lowest BCUT2D eigenvalue weighted by atomic mass is 10.1. The van der Waals surface area contributed by atoms with Gasteiger partial charge in [-0.2, -0.15) is 0 Å². The predicted octanol–water partition coefficient (Wildman–Crippen LogP) is 3.73. The summed E-state index contributed by atoms with van der Waals surface area (Å²) in [6.45, 7) is 2.05. The second-order valence-electron chi connectivity index (χ2n) is 4.43. The van der Waals surface area contributed by atoms with Gasteiger partial charge in [0.05, 0.1) is 5.69 Å². The van der Waals surface area contributed by atoms with Crippen molar-refractivity contribution in [1.82, 2.24) is 4.40 Å². The molecule has 2 nitrogen and oxygen atoms in total. The highest BCUT2D eigenvalue weighted by molar-refractivity contribution is 5.89. The molecule has 2 heteroatoms. The van der Waals surface area contributed by atoms with Crippen LogP contribution in [0.1, 0.15) is 16.1 Å². The summed E-state index contributed by atoms with van der Waals surface area (Å²) < 4.78 is 1.93. The minimum absolute atomic E-state index is 0.705. The molecule has 18 heavy (non-hydrogen) atoms. The van der Waals surface area contributed by atoms with Crippen LogP contribution < -0.4 is 0 Å². The van der Waals surface area contributed by atoms with Crippen molar-refractivity contribution < 1.29 is 4.79 Å². The maximum Gasteiger partial charge on any atom is 0.167 e. The Morgan fingerprint density at radius 1 is 1.06 bits per heavy atom. The van der Waals surface area contributed by atoms with Crippen molar-refractivity contribution in [3.63, 3.8) is 0 Å². The molecule has 2 aromatic heterocycles. The number of pyridine rings is 1. The Morgan fingerprint density at radius 2 is 1.83 bits per heavy atom. The van der Waals surface area contributed by atoms with Gasteiger partial charge in [-0.3, -0.25) is 4.79 Å². The van der Waals surface area contributed by atoms with E-state index in [0.29, 0.717) is 5.69 Å². The molecule has 88 valence electrons. The molecule has 0 radical (unpaired) electrons. The number of fused-ring (bicyclic) bond motifs is 1. The number of aryl methyl sites for hydroxylation is 1. The number of benzene rings is 1. The van der Waals surface area contributed by atoms with Crippen LogP contribution in [-0.2, 0) is 0 Å². The van der Waals surface area contributed by atoms with E-state index in [1.54, 1.807) is 0 Å². The Balaban J connectivity index is 2.33. The highest BCUT2D eigenvalue weighted by Gasteiger charge is 2.10. The van der Waals surface area contributed by atoms with Crippen molar-refractivity contribution in [1.29, 1.82) is 0 Å². The zero-order valence-electron chi connectivity index (χ0n) is 10.1. The van der Waals surface area contributed by atoms with E-state index in [0.717, 1.165) is 22.9 Å².